The molecule has 0 saturated carbocycles. The van der Waals surface area contributed by atoms with Crippen LogP contribution in [0.1, 0.15) is 26.7 Å². The summed E-state index contributed by atoms with van der Waals surface area (Å²) in [7, 11) is 0. The maximum absolute atomic E-state index is 8.90. The predicted molar refractivity (Wildman–Crippen MR) is 70.2 cm³/mol. The fraction of sp³-hybridized carbons (Fsp3) is 0.923. The maximum Gasteiger partial charge on any atom is 0.179 e. The van der Waals surface area contributed by atoms with Crippen LogP contribution in [0, 0.1) is 11.5 Å². The lowest BCUT2D eigenvalue weighted by atomic mass is 10.5. The SMILES string of the molecule is CCCOCCOCCN(C#N)CCOCCC. The number of nitriles is 1. The van der Waals surface area contributed by atoms with Crippen molar-refractivity contribution in [1.29, 1.82) is 5.26 Å². The number of ether oxygens (including phenoxy) is 3. The molecule has 0 aromatic rings. The molecule has 0 saturated heterocycles. The van der Waals surface area contributed by atoms with E-state index in [-0.39, 0.29) is 0 Å². The quantitative estimate of drug-likeness (QED) is 0.285. The molecule has 0 aromatic carbocycles. The Morgan fingerprint density at radius 2 is 1.22 bits per heavy atom. The summed E-state index contributed by atoms with van der Waals surface area (Å²) >= 11 is 0. The van der Waals surface area contributed by atoms with Gasteiger partial charge < -0.3 is 19.1 Å². The van der Waals surface area contributed by atoms with E-state index in [1.165, 1.54) is 0 Å². The van der Waals surface area contributed by atoms with Gasteiger partial charge in [0.15, 0.2) is 6.19 Å². The first-order valence-corrected chi connectivity index (χ1v) is 6.73. The van der Waals surface area contributed by atoms with Gasteiger partial charge in [0.05, 0.1) is 39.5 Å². The summed E-state index contributed by atoms with van der Waals surface area (Å²) in [5.41, 5.74) is 0. The van der Waals surface area contributed by atoms with Gasteiger partial charge in [-0.1, -0.05) is 13.8 Å². The zero-order chi connectivity index (χ0) is 13.5. The Hall–Kier alpha value is -0.830. The Kier molecular flexibility index (Phi) is 13.6. The van der Waals surface area contributed by atoms with E-state index in [9.17, 15) is 0 Å². The minimum absolute atomic E-state index is 0.552. The van der Waals surface area contributed by atoms with Crippen molar-refractivity contribution in [3.63, 3.8) is 0 Å². The molecule has 0 aliphatic rings. The molecule has 0 aromatic heterocycles. The topological polar surface area (TPSA) is 54.7 Å². The van der Waals surface area contributed by atoms with Crippen molar-refractivity contribution in [3.05, 3.63) is 0 Å². The van der Waals surface area contributed by atoms with Gasteiger partial charge in [-0.05, 0) is 12.8 Å². The lowest BCUT2D eigenvalue weighted by molar-refractivity contribution is 0.0404. The second-order valence-electron chi connectivity index (χ2n) is 3.92. The summed E-state index contributed by atoms with van der Waals surface area (Å²) in [6.45, 7) is 9.28. The molecule has 0 atom stereocenters. The van der Waals surface area contributed by atoms with Crippen molar-refractivity contribution in [2.75, 3.05) is 52.7 Å². The Morgan fingerprint density at radius 3 is 1.67 bits per heavy atom. The summed E-state index contributed by atoms with van der Waals surface area (Å²) < 4.78 is 16.0. The van der Waals surface area contributed by atoms with Gasteiger partial charge in [-0.2, -0.15) is 5.26 Å². The zero-order valence-corrected chi connectivity index (χ0v) is 11.7. The van der Waals surface area contributed by atoms with E-state index in [0.717, 1.165) is 26.1 Å². The first-order chi connectivity index (χ1) is 8.85. The molecule has 0 amide bonds. The summed E-state index contributed by atoms with van der Waals surface area (Å²) in [5, 5.41) is 8.90. The van der Waals surface area contributed by atoms with Crippen LogP contribution in [-0.2, 0) is 14.2 Å². The molecule has 106 valence electrons. The second-order valence-corrected chi connectivity index (χ2v) is 3.92. The minimum Gasteiger partial charge on any atom is -0.380 e. The molecule has 0 radical (unpaired) electrons. The van der Waals surface area contributed by atoms with Gasteiger partial charge >= 0.3 is 0 Å². The summed E-state index contributed by atoms with van der Waals surface area (Å²) in [5.74, 6) is 0. The normalized spacial score (nSPS) is 10.3. The molecule has 0 bridgehead atoms. The Labute approximate surface area is 111 Å². The van der Waals surface area contributed by atoms with Crippen molar-refractivity contribution >= 4 is 0 Å². The molecule has 5 nitrogen and oxygen atoms in total. The molecule has 18 heavy (non-hydrogen) atoms. The smallest absolute Gasteiger partial charge is 0.179 e. The summed E-state index contributed by atoms with van der Waals surface area (Å²) in [6.07, 6.45) is 4.17. The Bertz CT molecular complexity index is 207. The van der Waals surface area contributed by atoms with E-state index in [1.54, 1.807) is 4.90 Å². The van der Waals surface area contributed by atoms with E-state index in [1.807, 2.05) is 0 Å². The molecular formula is C13H26N2O3. The standard InChI is InChI=1S/C13H26N2O3/c1-3-7-16-9-5-15(13-14)6-10-18-12-11-17-8-4-2/h3-12H2,1-2H3. The van der Waals surface area contributed by atoms with Gasteiger partial charge in [0.25, 0.3) is 0 Å². The van der Waals surface area contributed by atoms with Crippen LogP contribution in [0.2, 0.25) is 0 Å². The van der Waals surface area contributed by atoms with Gasteiger partial charge in [0.1, 0.15) is 0 Å². The second kappa shape index (κ2) is 14.2. The van der Waals surface area contributed by atoms with Crippen LogP contribution < -0.4 is 0 Å². The third-order valence-corrected chi connectivity index (χ3v) is 2.22. The highest BCUT2D eigenvalue weighted by atomic mass is 16.5. The van der Waals surface area contributed by atoms with Gasteiger partial charge in [-0.15, -0.1) is 0 Å². The van der Waals surface area contributed by atoms with Crippen molar-refractivity contribution in [2.45, 2.75) is 26.7 Å². The first kappa shape index (κ1) is 17.2. The van der Waals surface area contributed by atoms with Crippen LogP contribution in [0.3, 0.4) is 0 Å². The van der Waals surface area contributed by atoms with Crippen molar-refractivity contribution in [3.8, 4) is 6.19 Å². The fourth-order valence-electron chi connectivity index (χ4n) is 1.27. The zero-order valence-electron chi connectivity index (χ0n) is 11.7. The van der Waals surface area contributed by atoms with Crippen LogP contribution >= 0.6 is 0 Å². The lowest BCUT2D eigenvalue weighted by Gasteiger charge is -2.15. The van der Waals surface area contributed by atoms with E-state index >= 15 is 0 Å². The number of nitrogens with zero attached hydrogens (tertiary/aromatic N) is 2. The van der Waals surface area contributed by atoms with Crippen LogP contribution in [0.5, 0.6) is 0 Å². The molecule has 0 spiro atoms. The van der Waals surface area contributed by atoms with Crippen LogP contribution in [0.25, 0.3) is 0 Å². The molecule has 0 N–H and O–H groups in total. The molecule has 0 aliphatic carbocycles. The van der Waals surface area contributed by atoms with Gasteiger partial charge in [-0.3, -0.25) is 0 Å². The average molecular weight is 258 g/mol. The van der Waals surface area contributed by atoms with Crippen molar-refractivity contribution in [1.82, 2.24) is 4.90 Å². The third-order valence-electron chi connectivity index (χ3n) is 2.22. The van der Waals surface area contributed by atoms with Gasteiger partial charge in [-0.25, -0.2) is 0 Å². The first-order valence-electron chi connectivity index (χ1n) is 6.73. The summed E-state index contributed by atoms with van der Waals surface area (Å²) in [4.78, 5) is 1.66. The molecular weight excluding hydrogens is 232 g/mol. The number of rotatable bonds is 13. The van der Waals surface area contributed by atoms with E-state index in [2.05, 4.69) is 20.0 Å². The van der Waals surface area contributed by atoms with Gasteiger partial charge in [0, 0.05) is 13.2 Å². The van der Waals surface area contributed by atoms with E-state index in [0.29, 0.717) is 39.5 Å². The maximum atomic E-state index is 8.90. The van der Waals surface area contributed by atoms with Crippen LogP contribution in [0.15, 0.2) is 0 Å². The van der Waals surface area contributed by atoms with E-state index in [4.69, 9.17) is 19.5 Å². The Balaban J connectivity index is 3.31. The van der Waals surface area contributed by atoms with Crippen molar-refractivity contribution < 1.29 is 14.2 Å². The van der Waals surface area contributed by atoms with Crippen LogP contribution in [0.4, 0.5) is 0 Å². The minimum atomic E-state index is 0.552. The molecule has 0 rings (SSSR count). The highest BCUT2D eigenvalue weighted by Crippen LogP contribution is 1.89. The van der Waals surface area contributed by atoms with Gasteiger partial charge in [0.2, 0.25) is 0 Å². The monoisotopic (exact) mass is 258 g/mol. The molecule has 0 aliphatic heterocycles. The molecule has 0 heterocycles. The fourth-order valence-corrected chi connectivity index (χ4v) is 1.27. The third kappa shape index (κ3) is 11.6. The van der Waals surface area contributed by atoms with E-state index < -0.39 is 0 Å². The molecule has 5 heteroatoms. The lowest BCUT2D eigenvalue weighted by Crippen LogP contribution is -2.27. The highest BCUT2D eigenvalue weighted by molar-refractivity contribution is 4.72. The highest BCUT2D eigenvalue weighted by Gasteiger charge is 2.01. The van der Waals surface area contributed by atoms with Crippen LogP contribution in [-0.4, -0.2) is 57.6 Å². The summed E-state index contributed by atoms with van der Waals surface area (Å²) in [6, 6.07) is 0. The number of hydrogen-bond acceptors (Lipinski definition) is 5. The molecule has 0 fully saturated rings. The predicted octanol–water partition coefficient (Wildman–Crippen LogP) is 1.64. The number of hydrogen-bond donors (Lipinski definition) is 0. The molecule has 0 unspecified atom stereocenters. The average Bonchev–Trinajstić information content (AvgIpc) is 2.40. The Morgan fingerprint density at radius 1 is 0.778 bits per heavy atom. The van der Waals surface area contributed by atoms with Crippen molar-refractivity contribution in [2.24, 2.45) is 0 Å². The largest absolute Gasteiger partial charge is 0.380 e.